The van der Waals surface area contributed by atoms with E-state index in [0.29, 0.717) is 62.3 Å². The molecular weight excluding hydrogens is 756 g/mol. The molecule has 1 aromatic heterocycles. The molecule has 3 saturated heterocycles. The number of anilines is 1. The number of para-hydroxylation sites is 1. The summed E-state index contributed by atoms with van der Waals surface area (Å²) >= 11 is 0. The van der Waals surface area contributed by atoms with E-state index in [1.807, 2.05) is 61.2 Å². The first-order valence-corrected chi connectivity index (χ1v) is 21.0. The number of allylic oxidation sites excluding steroid dienone is 1. The zero-order valence-corrected chi connectivity index (χ0v) is 33.6. The van der Waals surface area contributed by atoms with Crippen LogP contribution in [0.5, 0.6) is 0 Å². The van der Waals surface area contributed by atoms with Gasteiger partial charge in [-0.05, 0) is 105 Å². The van der Waals surface area contributed by atoms with Crippen LogP contribution in [0.3, 0.4) is 0 Å². The van der Waals surface area contributed by atoms with E-state index in [0.717, 1.165) is 89.1 Å². The summed E-state index contributed by atoms with van der Waals surface area (Å²) in [5.74, 6) is -0.647. The first-order valence-electron chi connectivity index (χ1n) is 21.0. The van der Waals surface area contributed by atoms with Crippen molar-refractivity contribution < 1.29 is 27.6 Å². The Morgan fingerprint density at radius 2 is 1.78 bits per heavy atom. The number of benzene rings is 3. The smallest absolute Gasteiger partial charge is 0.255 e. The van der Waals surface area contributed by atoms with E-state index in [1.54, 1.807) is 15.9 Å². The number of carbonyl (C=O) groups is 3. The van der Waals surface area contributed by atoms with Gasteiger partial charge in [-0.15, -0.1) is 0 Å². The van der Waals surface area contributed by atoms with E-state index < -0.39 is 25.1 Å². The lowest BCUT2D eigenvalue weighted by Crippen LogP contribution is -2.49. The molecule has 0 aliphatic carbocycles. The number of piperidine rings is 1. The van der Waals surface area contributed by atoms with Crippen molar-refractivity contribution in [2.45, 2.75) is 90.1 Å². The van der Waals surface area contributed by atoms with Crippen LogP contribution in [0.25, 0.3) is 10.9 Å². The van der Waals surface area contributed by atoms with Gasteiger partial charge in [0.25, 0.3) is 12.3 Å². The first kappa shape index (κ1) is 38.1. The fourth-order valence-electron chi connectivity index (χ4n) is 11.2. The Morgan fingerprint density at radius 1 is 1.00 bits per heavy atom. The second-order valence-electron chi connectivity index (χ2n) is 18.0. The monoisotopic (exact) mass is 805 g/mol. The highest BCUT2D eigenvalue weighted by Crippen LogP contribution is 2.46. The predicted molar refractivity (Wildman–Crippen MR) is 218 cm³/mol. The fraction of sp³-hybridized carbons (Fsp3) is 0.457. The normalized spacial score (nSPS) is 25.8. The second-order valence-corrected chi connectivity index (χ2v) is 18.0. The molecule has 0 radical (unpaired) electrons. The number of aryl methyl sites for hydroxylation is 1. The number of H-pyrrole nitrogens is 1. The molecule has 7 heterocycles. The van der Waals surface area contributed by atoms with E-state index in [2.05, 4.69) is 26.7 Å². The molecule has 10 rings (SSSR count). The Kier molecular flexibility index (Phi) is 9.20. The standard InChI is InChI=1S/C46H50F3N7O3/c1-26-14-32(18-36(47)41(26)43-42-35(15-28(3)55(43)22-39(48)49)33-6-4-5-7-37(33)51-42)53-13-11-46(25-53)10-12-52(24-46)23-40(57)54-19-29-16-31-21-56(38-9-8-27(2)50-44(38)58)45(59)34(31)17-30(29)20-54/h4-7,14,16-18,28,38-39,43,51H,2,8-13,15,19-25H2,1,3H3,(H,50,58)/t28-,38?,43?,46?/m1/s1. The summed E-state index contributed by atoms with van der Waals surface area (Å²) in [4.78, 5) is 53.1. The van der Waals surface area contributed by atoms with Gasteiger partial charge < -0.3 is 25.0 Å². The van der Waals surface area contributed by atoms with Gasteiger partial charge in [-0.2, -0.15) is 0 Å². The molecule has 13 heteroatoms. The molecular formula is C46H50F3N7O3. The zero-order chi connectivity index (χ0) is 40.9. The Labute approximate surface area is 342 Å². The van der Waals surface area contributed by atoms with Gasteiger partial charge in [0, 0.05) is 89.8 Å². The number of amides is 3. The van der Waals surface area contributed by atoms with Gasteiger partial charge in [-0.1, -0.05) is 30.8 Å². The number of aromatic amines is 1. The molecule has 10 nitrogen and oxygen atoms in total. The van der Waals surface area contributed by atoms with Crippen LogP contribution < -0.4 is 10.2 Å². The highest BCUT2D eigenvalue weighted by atomic mass is 19.3. The van der Waals surface area contributed by atoms with Crippen molar-refractivity contribution in [1.82, 2.24) is 29.9 Å². The van der Waals surface area contributed by atoms with Crippen molar-refractivity contribution >= 4 is 34.3 Å². The summed E-state index contributed by atoms with van der Waals surface area (Å²) in [5.41, 5.74) is 8.98. The van der Waals surface area contributed by atoms with E-state index in [9.17, 15) is 23.2 Å². The lowest BCUT2D eigenvalue weighted by molar-refractivity contribution is -0.133. The minimum absolute atomic E-state index is 0.0149. The number of hydrogen-bond acceptors (Lipinski definition) is 6. The summed E-state index contributed by atoms with van der Waals surface area (Å²) < 4.78 is 44.7. The van der Waals surface area contributed by atoms with Crippen LogP contribution in [-0.2, 0) is 35.6 Å². The number of fused-ring (bicyclic) bond motifs is 5. The summed E-state index contributed by atoms with van der Waals surface area (Å²) in [6, 6.07) is 14.1. The third kappa shape index (κ3) is 6.52. The third-order valence-electron chi connectivity index (χ3n) is 14.2. The predicted octanol–water partition coefficient (Wildman–Crippen LogP) is 6.41. The maximum atomic E-state index is 16.6. The van der Waals surface area contributed by atoms with Crippen LogP contribution in [0, 0.1) is 18.2 Å². The Bertz CT molecular complexity index is 2410. The van der Waals surface area contributed by atoms with Crippen LogP contribution in [0.15, 0.2) is 60.8 Å². The quantitative estimate of drug-likeness (QED) is 0.225. The van der Waals surface area contributed by atoms with E-state index >= 15 is 4.39 Å². The molecule has 3 unspecified atom stereocenters. The third-order valence-corrected chi connectivity index (χ3v) is 14.2. The molecule has 2 N–H and O–H groups in total. The molecule has 0 saturated carbocycles. The Balaban J connectivity index is 0.798. The van der Waals surface area contributed by atoms with Crippen LogP contribution in [0.4, 0.5) is 18.9 Å². The first-order chi connectivity index (χ1) is 28.3. The van der Waals surface area contributed by atoms with Gasteiger partial charge in [0.1, 0.15) is 11.9 Å². The summed E-state index contributed by atoms with van der Waals surface area (Å²) in [7, 11) is 0. The minimum atomic E-state index is -2.55. The summed E-state index contributed by atoms with van der Waals surface area (Å²) in [6.45, 7) is 12.0. The van der Waals surface area contributed by atoms with Gasteiger partial charge in [0.05, 0.1) is 19.1 Å². The second kappa shape index (κ2) is 14.3. The SMILES string of the molecule is C=C1CCC(N2Cc3cc4c(cc3C2=O)CN(C(=O)CN2CCC3(CCN(c5cc(C)c(C6c7[nH]c8ccccc8c7C[C@@H](C)N6CC(F)F)c(F)c5)C3)C2)C4)C(=O)N1. The fourth-order valence-corrected chi connectivity index (χ4v) is 11.2. The average molecular weight is 806 g/mol. The van der Waals surface area contributed by atoms with Crippen molar-refractivity contribution in [3.8, 4) is 0 Å². The molecule has 3 aromatic carbocycles. The number of carbonyl (C=O) groups excluding carboxylic acids is 3. The summed E-state index contributed by atoms with van der Waals surface area (Å²) in [6.07, 6.45) is 1.14. The van der Waals surface area contributed by atoms with Gasteiger partial charge in [-0.3, -0.25) is 24.2 Å². The number of aromatic nitrogens is 1. The van der Waals surface area contributed by atoms with Crippen molar-refractivity contribution in [3.05, 3.63) is 111 Å². The lowest BCUT2D eigenvalue weighted by atomic mass is 9.86. The largest absolute Gasteiger partial charge is 0.371 e. The Hall–Kier alpha value is -5.14. The molecule has 3 fully saturated rings. The molecule has 3 amide bonds. The average Bonchev–Trinajstić information content (AvgIpc) is 4.03. The molecule has 6 aliphatic heterocycles. The van der Waals surface area contributed by atoms with Crippen molar-refractivity contribution in [2.24, 2.45) is 5.41 Å². The zero-order valence-electron chi connectivity index (χ0n) is 33.6. The van der Waals surface area contributed by atoms with E-state index in [-0.39, 0.29) is 35.0 Å². The van der Waals surface area contributed by atoms with Crippen LogP contribution >= 0.6 is 0 Å². The number of halogens is 3. The van der Waals surface area contributed by atoms with Crippen LogP contribution in [-0.4, -0.2) is 100 Å². The van der Waals surface area contributed by atoms with E-state index in [1.165, 1.54) is 0 Å². The molecule has 4 aromatic rings. The molecule has 4 atom stereocenters. The number of rotatable bonds is 7. The minimum Gasteiger partial charge on any atom is -0.371 e. The van der Waals surface area contributed by atoms with Gasteiger partial charge in [0.15, 0.2) is 0 Å². The van der Waals surface area contributed by atoms with Gasteiger partial charge >= 0.3 is 0 Å². The van der Waals surface area contributed by atoms with Crippen molar-refractivity contribution in [3.63, 3.8) is 0 Å². The number of likely N-dealkylation sites (tertiary alicyclic amines) is 1. The molecule has 59 heavy (non-hydrogen) atoms. The highest BCUT2D eigenvalue weighted by Gasteiger charge is 2.46. The molecule has 6 aliphatic rings. The van der Waals surface area contributed by atoms with E-state index in [4.69, 9.17) is 0 Å². The lowest BCUT2D eigenvalue weighted by Gasteiger charge is -2.41. The molecule has 0 bridgehead atoms. The van der Waals surface area contributed by atoms with Gasteiger partial charge in [-0.25, -0.2) is 13.2 Å². The van der Waals surface area contributed by atoms with Crippen molar-refractivity contribution in [1.29, 1.82) is 0 Å². The van der Waals surface area contributed by atoms with Crippen LogP contribution in [0.2, 0.25) is 0 Å². The number of hydrogen-bond donors (Lipinski definition) is 2. The highest BCUT2D eigenvalue weighted by molar-refractivity contribution is 6.02. The summed E-state index contributed by atoms with van der Waals surface area (Å²) in [5, 5.41) is 3.84. The molecule has 308 valence electrons. The van der Waals surface area contributed by atoms with Crippen molar-refractivity contribution in [2.75, 3.05) is 44.2 Å². The van der Waals surface area contributed by atoms with Crippen LogP contribution in [0.1, 0.15) is 88.1 Å². The Morgan fingerprint density at radius 3 is 2.56 bits per heavy atom. The number of nitrogens with zero attached hydrogens (tertiary/aromatic N) is 5. The topological polar surface area (TPSA) is 95.2 Å². The maximum Gasteiger partial charge on any atom is 0.255 e. The number of nitrogens with one attached hydrogen (secondary N) is 2. The maximum absolute atomic E-state index is 16.6. The van der Waals surface area contributed by atoms with Gasteiger partial charge in [0.2, 0.25) is 11.8 Å². The molecule has 1 spiro atoms. The number of alkyl halides is 2.